The van der Waals surface area contributed by atoms with Crippen LogP contribution >= 0.6 is 0 Å². The number of carbonyl (C=O) groups excluding carboxylic acids is 2. The van der Waals surface area contributed by atoms with Crippen molar-refractivity contribution in [1.29, 1.82) is 0 Å². The summed E-state index contributed by atoms with van der Waals surface area (Å²) in [6.07, 6.45) is 4.15. The third-order valence-electron chi connectivity index (χ3n) is 4.68. The molecule has 0 radical (unpaired) electrons. The lowest BCUT2D eigenvalue weighted by atomic mass is 9.84. The van der Waals surface area contributed by atoms with Crippen LogP contribution in [0.3, 0.4) is 0 Å². The summed E-state index contributed by atoms with van der Waals surface area (Å²) in [5.41, 5.74) is 6.10. The number of likely N-dealkylation sites (N-methyl/N-ethyl adjacent to an activating group) is 1. The second-order valence-corrected chi connectivity index (χ2v) is 6.44. The van der Waals surface area contributed by atoms with Crippen LogP contribution in [0.25, 0.3) is 0 Å². The van der Waals surface area contributed by atoms with E-state index in [9.17, 15) is 9.59 Å². The van der Waals surface area contributed by atoms with E-state index >= 15 is 0 Å². The molecule has 2 amide bonds. The first kappa shape index (κ1) is 16.2. The van der Waals surface area contributed by atoms with Gasteiger partial charge in [0.05, 0.1) is 12.5 Å². The van der Waals surface area contributed by atoms with Gasteiger partial charge in [0.15, 0.2) is 0 Å². The molecule has 120 valence electrons. The third-order valence-corrected chi connectivity index (χ3v) is 4.68. The molecular weight excluding hydrogens is 268 g/mol. The fraction of sp³-hybridized carbons (Fsp3) is 0.867. The van der Waals surface area contributed by atoms with Gasteiger partial charge in [-0.15, -0.1) is 0 Å². The van der Waals surface area contributed by atoms with Crippen LogP contribution in [0.2, 0.25) is 0 Å². The van der Waals surface area contributed by atoms with Gasteiger partial charge in [-0.25, -0.2) is 0 Å². The van der Waals surface area contributed by atoms with Crippen molar-refractivity contribution in [2.75, 3.05) is 46.8 Å². The quantitative estimate of drug-likeness (QED) is 0.779. The summed E-state index contributed by atoms with van der Waals surface area (Å²) < 4.78 is 0. The minimum atomic E-state index is 0.00806. The Bertz CT molecular complexity index is 378. The van der Waals surface area contributed by atoms with E-state index in [0.717, 1.165) is 38.8 Å². The molecule has 2 aliphatic rings. The highest BCUT2D eigenvalue weighted by Gasteiger charge is 2.33. The Hall–Kier alpha value is -1.14. The molecule has 1 saturated carbocycles. The van der Waals surface area contributed by atoms with Crippen molar-refractivity contribution in [3.05, 3.63) is 0 Å². The zero-order chi connectivity index (χ0) is 15.4. The number of hydrogen-bond donors (Lipinski definition) is 1. The summed E-state index contributed by atoms with van der Waals surface area (Å²) >= 11 is 0. The van der Waals surface area contributed by atoms with Crippen LogP contribution < -0.4 is 5.73 Å². The van der Waals surface area contributed by atoms with Crippen molar-refractivity contribution in [2.24, 2.45) is 11.7 Å². The van der Waals surface area contributed by atoms with Crippen molar-refractivity contribution in [3.63, 3.8) is 0 Å². The number of carbonyl (C=O) groups is 2. The van der Waals surface area contributed by atoms with Gasteiger partial charge in [0.25, 0.3) is 0 Å². The fourth-order valence-corrected chi connectivity index (χ4v) is 3.16. The summed E-state index contributed by atoms with van der Waals surface area (Å²) in [5, 5.41) is 0. The van der Waals surface area contributed by atoms with Crippen LogP contribution in [0.5, 0.6) is 0 Å². The summed E-state index contributed by atoms with van der Waals surface area (Å²) in [4.78, 5) is 29.9. The monoisotopic (exact) mass is 296 g/mol. The molecular formula is C15H28N4O2. The van der Waals surface area contributed by atoms with Crippen molar-refractivity contribution in [2.45, 2.75) is 31.7 Å². The zero-order valence-electron chi connectivity index (χ0n) is 13.3. The number of rotatable bonds is 3. The maximum absolute atomic E-state index is 12.6. The third kappa shape index (κ3) is 4.17. The molecule has 2 N–H and O–H groups in total. The normalized spacial score (nSPS) is 27.5. The number of hydrogen-bond acceptors (Lipinski definition) is 4. The molecule has 1 saturated heterocycles. The van der Waals surface area contributed by atoms with Crippen molar-refractivity contribution in [3.8, 4) is 0 Å². The second kappa shape index (κ2) is 7.22. The fourth-order valence-electron chi connectivity index (χ4n) is 3.16. The SMILES string of the molecule is CN(C)C(=O)CN1CCN(C(=O)C2CCCCC2N)CC1. The molecule has 2 rings (SSSR count). The lowest BCUT2D eigenvalue weighted by Gasteiger charge is -2.38. The van der Waals surface area contributed by atoms with Gasteiger partial charge in [0, 0.05) is 46.3 Å². The molecule has 2 unspecified atom stereocenters. The molecule has 0 aromatic carbocycles. The van der Waals surface area contributed by atoms with Gasteiger partial charge in [-0.1, -0.05) is 12.8 Å². The van der Waals surface area contributed by atoms with Crippen molar-refractivity contribution >= 4 is 11.8 Å². The number of amides is 2. The summed E-state index contributed by atoms with van der Waals surface area (Å²) in [5.74, 6) is 0.346. The molecule has 2 fully saturated rings. The van der Waals surface area contributed by atoms with E-state index in [1.54, 1.807) is 19.0 Å². The Morgan fingerprint density at radius 1 is 1.10 bits per heavy atom. The van der Waals surface area contributed by atoms with E-state index in [0.29, 0.717) is 19.6 Å². The van der Waals surface area contributed by atoms with E-state index in [4.69, 9.17) is 5.73 Å². The van der Waals surface area contributed by atoms with Gasteiger partial charge in [0.2, 0.25) is 11.8 Å². The van der Waals surface area contributed by atoms with Crippen molar-refractivity contribution < 1.29 is 9.59 Å². The van der Waals surface area contributed by atoms with Crippen LogP contribution in [0, 0.1) is 5.92 Å². The van der Waals surface area contributed by atoms with E-state index in [1.807, 2.05) is 4.90 Å². The predicted octanol–water partition coefficient (Wildman–Crippen LogP) is -0.264. The molecule has 2 atom stereocenters. The number of nitrogens with two attached hydrogens (primary N) is 1. The van der Waals surface area contributed by atoms with Gasteiger partial charge in [-0.05, 0) is 12.8 Å². The first-order chi connectivity index (χ1) is 9.99. The number of nitrogens with zero attached hydrogens (tertiary/aromatic N) is 3. The molecule has 21 heavy (non-hydrogen) atoms. The van der Waals surface area contributed by atoms with Crippen LogP contribution in [0.1, 0.15) is 25.7 Å². The van der Waals surface area contributed by atoms with Gasteiger partial charge >= 0.3 is 0 Å². The standard InChI is InChI=1S/C15H28N4O2/c1-17(2)14(20)11-18-7-9-19(10-8-18)15(21)12-5-3-4-6-13(12)16/h12-13H,3-11,16H2,1-2H3. The highest BCUT2D eigenvalue weighted by molar-refractivity contribution is 5.80. The summed E-state index contributed by atoms with van der Waals surface area (Å²) in [6, 6.07) is 0.0274. The van der Waals surface area contributed by atoms with E-state index < -0.39 is 0 Å². The Morgan fingerprint density at radius 3 is 2.29 bits per heavy atom. The van der Waals surface area contributed by atoms with Crippen LogP contribution in [0.15, 0.2) is 0 Å². The maximum atomic E-state index is 12.6. The highest BCUT2D eigenvalue weighted by Crippen LogP contribution is 2.25. The highest BCUT2D eigenvalue weighted by atomic mass is 16.2. The Balaban J connectivity index is 1.80. The zero-order valence-corrected chi connectivity index (χ0v) is 13.3. The van der Waals surface area contributed by atoms with Crippen molar-refractivity contribution in [1.82, 2.24) is 14.7 Å². The van der Waals surface area contributed by atoms with Gasteiger partial charge in [-0.3, -0.25) is 14.5 Å². The lowest BCUT2D eigenvalue weighted by Crippen LogP contribution is -2.54. The Labute approximate surface area is 127 Å². The van der Waals surface area contributed by atoms with E-state index in [-0.39, 0.29) is 23.8 Å². The van der Waals surface area contributed by atoms with Crippen LogP contribution in [-0.4, -0.2) is 79.4 Å². The molecule has 0 spiro atoms. The topological polar surface area (TPSA) is 69.9 Å². The van der Waals surface area contributed by atoms with Crippen LogP contribution in [-0.2, 0) is 9.59 Å². The summed E-state index contributed by atoms with van der Waals surface area (Å²) in [7, 11) is 3.54. The summed E-state index contributed by atoms with van der Waals surface area (Å²) in [6.45, 7) is 3.41. The average molecular weight is 296 g/mol. The molecule has 6 heteroatoms. The molecule has 0 bridgehead atoms. The average Bonchev–Trinajstić information content (AvgIpc) is 2.47. The minimum Gasteiger partial charge on any atom is -0.348 e. The first-order valence-electron chi connectivity index (χ1n) is 7.96. The molecule has 1 heterocycles. The van der Waals surface area contributed by atoms with Gasteiger partial charge in [-0.2, -0.15) is 0 Å². The molecule has 1 aliphatic heterocycles. The molecule has 1 aliphatic carbocycles. The lowest BCUT2D eigenvalue weighted by molar-refractivity contribution is -0.139. The second-order valence-electron chi connectivity index (χ2n) is 6.44. The number of piperazine rings is 1. The van der Waals surface area contributed by atoms with E-state index in [1.165, 1.54) is 0 Å². The van der Waals surface area contributed by atoms with Gasteiger partial charge in [0.1, 0.15) is 0 Å². The largest absolute Gasteiger partial charge is 0.348 e. The first-order valence-corrected chi connectivity index (χ1v) is 7.96. The van der Waals surface area contributed by atoms with Gasteiger partial charge < -0.3 is 15.5 Å². The minimum absolute atomic E-state index is 0.00806. The smallest absolute Gasteiger partial charge is 0.236 e. The predicted molar refractivity (Wildman–Crippen MR) is 81.6 cm³/mol. The Kier molecular flexibility index (Phi) is 5.58. The Morgan fingerprint density at radius 2 is 1.71 bits per heavy atom. The molecule has 0 aromatic rings. The van der Waals surface area contributed by atoms with E-state index in [2.05, 4.69) is 4.90 Å². The molecule has 6 nitrogen and oxygen atoms in total. The van der Waals surface area contributed by atoms with Crippen LogP contribution in [0.4, 0.5) is 0 Å². The maximum Gasteiger partial charge on any atom is 0.236 e. The molecule has 0 aromatic heterocycles.